The first-order chi connectivity index (χ1) is 6.24. The molecule has 0 aliphatic carbocycles. The summed E-state index contributed by atoms with van der Waals surface area (Å²) in [5.74, 6) is 0. The lowest BCUT2D eigenvalue weighted by Gasteiger charge is -2.13. The summed E-state index contributed by atoms with van der Waals surface area (Å²) in [5, 5.41) is 1.98. The number of hydrogen-bond donors (Lipinski definition) is 1. The van der Waals surface area contributed by atoms with E-state index in [-0.39, 0.29) is 0 Å². The van der Waals surface area contributed by atoms with Crippen molar-refractivity contribution < 1.29 is 0 Å². The molecule has 1 rings (SSSR count). The van der Waals surface area contributed by atoms with Crippen LogP contribution >= 0.6 is 0 Å². The molecule has 0 spiro atoms. The van der Waals surface area contributed by atoms with Crippen molar-refractivity contribution in [2.75, 3.05) is 14.1 Å². The molecule has 13 heavy (non-hydrogen) atoms. The fraction of sp³-hybridized carbons (Fsp3) is 0.600. The molecule has 0 aliphatic heterocycles. The Morgan fingerprint density at radius 3 is 2.85 bits per heavy atom. The van der Waals surface area contributed by atoms with Crippen LogP contribution in [0.25, 0.3) is 0 Å². The highest BCUT2D eigenvalue weighted by atomic mass is 15.5. The summed E-state index contributed by atoms with van der Waals surface area (Å²) in [7, 11) is 4.01. The van der Waals surface area contributed by atoms with Gasteiger partial charge in [0.1, 0.15) is 0 Å². The average molecular weight is 181 g/mol. The Bertz CT molecular complexity index is 240. The quantitative estimate of drug-likeness (QED) is 0.694. The lowest BCUT2D eigenvalue weighted by Crippen LogP contribution is -2.30. The van der Waals surface area contributed by atoms with E-state index in [0.717, 1.165) is 13.1 Å². The van der Waals surface area contributed by atoms with Crippen LogP contribution in [0.3, 0.4) is 0 Å². The normalized spacial score (nSPS) is 11.1. The highest BCUT2D eigenvalue weighted by Gasteiger charge is 1.99. The first-order valence-electron chi connectivity index (χ1n) is 4.79. The maximum Gasteiger partial charge on any atom is 0.0506 e. The SMILES string of the molecule is CCCn1cccc1CNN(C)C. The van der Waals surface area contributed by atoms with Crippen molar-refractivity contribution in [2.24, 2.45) is 0 Å². The van der Waals surface area contributed by atoms with Gasteiger partial charge in [0.15, 0.2) is 0 Å². The Morgan fingerprint density at radius 1 is 1.46 bits per heavy atom. The molecular weight excluding hydrogens is 162 g/mol. The van der Waals surface area contributed by atoms with Crippen molar-refractivity contribution in [3.63, 3.8) is 0 Å². The molecule has 0 unspecified atom stereocenters. The number of nitrogens with one attached hydrogen (secondary N) is 1. The van der Waals surface area contributed by atoms with Crippen LogP contribution in [0, 0.1) is 0 Å². The van der Waals surface area contributed by atoms with E-state index in [9.17, 15) is 0 Å². The lowest BCUT2D eigenvalue weighted by atomic mass is 10.4. The monoisotopic (exact) mass is 181 g/mol. The Balaban J connectivity index is 2.49. The Labute approximate surface area is 80.3 Å². The Hall–Kier alpha value is -0.800. The van der Waals surface area contributed by atoms with Gasteiger partial charge in [-0.2, -0.15) is 0 Å². The second kappa shape index (κ2) is 5.04. The highest BCUT2D eigenvalue weighted by molar-refractivity contribution is 5.06. The molecule has 1 aromatic rings. The molecule has 1 aromatic heterocycles. The van der Waals surface area contributed by atoms with E-state index < -0.39 is 0 Å². The zero-order chi connectivity index (χ0) is 9.68. The molecule has 0 aromatic carbocycles. The Morgan fingerprint density at radius 2 is 2.23 bits per heavy atom. The van der Waals surface area contributed by atoms with Crippen LogP contribution < -0.4 is 5.43 Å². The van der Waals surface area contributed by atoms with Gasteiger partial charge in [-0.15, -0.1) is 0 Å². The van der Waals surface area contributed by atoms with Crippen LogP contribution in [0.4, 0.5) is 0 Å². The van der Waals surface area contributed by atoms with Crippen LogP contribution in [-0.2, 0) is 13.1 Å². The average Bonchev–Trinajstić information content (AvgIpc) is 2.49. The van der Waals surface area contributed by atoms with E-state index in [2.05, 4.69) is 35.2 Å². The van der Waals surface area contributed by atoms with E-state index in [4.69, 9.17) is 0 Å². The van der Waals surface area contributed by atoms with Gasteiger partial charge < -0.3 is 4.57 Å². The largest absolute Gasteiger partial charge is 0.350 e. The third-order valence-electron chi connectivity index (χ3n) is 1.96. The molecule has 3 heteroatoms. The van der Waals surface area contributed by atoms with Crippen molar-refractivity contribution in [2.45, 2.75) is 26.4 Å². The van der Waals surface area contributed by atoms with Gasteiger partial charge in [0, 0.05) is 32.5 Å². The third-order valence-corrected chi connectivity index (χ3v) is 1.96. The molecule has 74 valence electrons. The smallest absolute Gasteiger partial charge is 0.0506 e. The molecule has 1 heterocycles. The molecule has 0 fully saturated rings. The van der Waals surface area contributed by atoms with Gasteiger partial charge >= 0.3 is 0 Å². The van der Waals surface area contributed by atoms with Crippen molar-refractivity contribution in [1.82, 2.24) is 15.0 Å². The molecule has 0 amide bonds. The summed E-state index contributed by atoms with van der Waals surface area (Å²) in [6, 6.07) is 4.26. The first-order valence-corrected chi connectivity index (χ1v) is 4.79. The van der Waals surface area contributed by atoms with Crippen molar-refractivity contribution in [1.29, 1.82) is 0 Å². The summed E-state index contributed by atoms with van der Waals surface area (Å²) >= 11 is 0. The number of hydrazine groups is 1. The summed E-state index contributed by atoms with van der Waals surface area (Å²) < 4.78 is 2.29. The minimum atomic E-state index is 0.903. The predicted molar refractivity (Wildman–Crippen MR) is 55.2 cm³/mol. The zero-order valence-electron chi connectivity index (χ0n) is 8.75. The van der Waals surface area contributed by atoms with Crippen molar-refractivity contribution in [3.05, 3.63) is 24.0 Å². The Kier molecular flexibility index (Phi) is 3.99. The molecule has 0 radical (unpaired) electrons. The second-order valence-electron chi connectivity index (χ2n) is 3.42. The first kappa shape index (κ1) is 10.3. The number of rotatable bonds is 5. The van der Waals surface area contributed by atoms with E-state index in [0.29, 0.717) is 0 Å². The number of aryl methyl sites for hydroxylation is 1. The number of aromatic nitrogens is 1. The minimum absolute atomic E-state index is 0.903. The molecule has 0 bridgehead atoms. The van der Waals surface area contributed by atoms with Gasteiger partial charge in [0.25, 0.3) is 0 Å². The van der Waals surface area contributed by atoms with Crippen LogP contribution in [0.5, 0.6) is 0 Å². The lowest BCUT2D eigenvalue weighted by molar-refractivity contribution is 0.281. The maximum absolute atomic E-state index is 3.26. The minimum Gasteiger partial charge on any atom is -0.350 e. The van der Waals surface area contributed by atoms with Gasteiger partial charge in [-0.25, -0.2) is 5.43 Å². The summed E-state index contributed by atoms with van der Waals surface area (Å²) in [4.78, 5) is 0. The molecule has 0 saturated carbocycles. The van der Waals surface area contributed by atoms with Crippen LogP contribution in [0.2, 0.25) is 0 Å². The number of hydrogen-bond acceptors (Lipinski definition) is 2. The van der Waals surface area contributed by atoms with E-state index in [1.807, 2.05) is 19.1 Å². The molecular formula is C10H19N3. The van der Waals surface area contributed by atoms with Gasteiger partial charge in [-0.3, -0.25) is 5.01 Å². The van der Waals surface area contributed by atoms with Gasteiger partial charge in [0.2, 0.25) is 0 Å². The van der Waals surface area contributed by atoms with Crippen LogP contribution in [0.1, 0.15) is 19.0 Å². The molecule has 3 nitrogen and oxygen atoms in total. The summed E-state index contributed by atoms with van der Waals surface area (Å²) in [6.07, 6.45) is 3.32. The third kappa shape index (κ3) is 3.20. The standard InChI is InChI=1S/C10H19N3/c1-4-7-13-8-5-6-10(13)9-11-12(2)3/h5-6,8,11H,4,7,9H2,1-3H3. The highest BCUT2D eigenvalue weighted by Crippen LogP contribution is 2.02. The fourth-order valence-electron chi connectivity index (χ4n) is 1.31. The molecule has 1 N–H and O–H groups in total. The van der Waals surface area contributed by atoms with Gasteiger partial charge in [-0.05, 0) is 18.6 Å². The van der Waals surface area contributed by atoms with E-state index in [1.165, 1.54) is 12.1 Å². The number of nitrogens with zero attached hydrogens (tertiary/aromatic N) is 2. The molecule has 0 aliphatic rings. The van der Waals surface area contributed by atoms with E-state index >= 15 is 0 Å². The van der Waals surface area contributed by atoms with Crippen molar-refractivity contribution in [3.8, 4) is 0 Å². The molecule has 0 saturated heterocycles. The maximum atomic E-state index is 3.26. The summed E-state index contributed by atoms with van der Waals surface area (Å²) in [6.45, 7) is 4.21. The predicted octanol–water partition coefficient (Wildman–Crippen LogP) is 1.46. The fourth-order valence-corrected chi connectivity index (χ4v) is 1.31. The summed E-state index contributed by atoms with van der Waals surface area (Å²) in [5.41, 5.74) is 4.60. The topological polar surface area (TPSA) is 20.2 Å². The van der Waals surface area contributed by atoms with Crippen LogP contribution in [0.15, 0.2) is 18.3 Å². The van der Waals surface area contributed by atoms with E-state index in [1.54, 1.807) is 0 Å². The molecule has 0 atom stereocenters. The van der Waals surface area contributed by atoms with Crippen molar-refractivity contribution >= 4 is 0 Å². The second-order valence-corrected chi connectivity index (χ2v) is 3.42. The van der Waals surface area contributed by atoms with Crippen LogP contribution in [-0.4, -0.2) is 23.7 Å². The van der Waals surface area contributed by atoms with Gasteiger partial charge in [-0.1, -0.05) is 6.92 Å². The zero-order valence-corrected chi connectivity index (χ0v) is 8.75. The van der Waals surface area contributed by atoms with Gasteiger partial charge in [0.05, 0.1) is 6.54 Å².